The number of hydrogen-bond donors (Lipinski definition) is 4. The van der Waals surface area contributed by atoms with Crippen LogP contribution in [0.15, 0.2) is 82.8 Å². The first-order valence-corrected chi connectivity index (χ1v) is 26.9. The summed E-state index contributed by atoms with van der Waals surface area (Å²) in [7, 11) is 1.66. The Balaban J connectivity index is 0.875. The number of thiazole rings is 1. The molecule has 0 saturated carbocycles. The lowest BCUT2D eigenvalue weighted by Crippen LogP contribution is -2.49. The van der Waals surface area contributed by atoms with Gasteiger partial charge in [-0.25, -0.2) is 14.4 Å². The molecule has 9 rings (SSSR count). The molecular formula is C56H62ClFN10O8S. The molecule has 2 fully saturated rings. The van der Waals surface area contributed by atoms with E-state index in [0.29, 0.717) is 65.2 Å². The van der Waals surface area contributed by atoms with Crippen molar-refractivity contribution >= 4 is 80.0 Å². The van der Waals surface area contributed by atoms with Gasteiger partial charge in [0.2, 0.25) is 29.6 Å². The zero-order valence-electron chi connectivity index (χ0n) is 43.8. The Morgan fingerprint density at radius 3 is 2.44 bits per heavy atom. The Morgan fingerprint density at radius 1 is 1.00 bits per heavy atom. The number of amides is 4. The van der Waals surface area contributed by atoms with E-state index in [4.69, 9.17) is 25.8 Å². The van der Waals surface area contributed by atoms with Crippen LogP contribution in [0, 0.1) is 25.6 Å². The minimum atomic E-state index is -0.961. The molecule has 4 amide bonds. The number of aromatic nitrogens is 4. The molecule has 0 aliphatic carbocycles. The number of fused-ring (bicyclic) bond motifs is 2. The van der Waals surface area contributed by atoms with E-state index < -0.39 is 35.8 Å². The van der Waals surface area contributed by atoms with Crippen LogP contribution < -0.4 is 15.5 Å². The summed E-state index contributed by atoms with van der Waals surface area (Å²) >= 11 is 8.44. The van der Waals surface area contributed by atoms with Crippen molar-refractivity contribution in [2.24, 2.45) is 5.92 Å². The van der Waals surface area contributed by atoms with Crippen molar-refractivity contribution in [3.8, 4) is 27.3 Å². The van der Waals surface area contributed by atoms with Crippen LogP contribution in [0.4, 0.5) is 16.2 Å². The number of aryl methyl sites for hydroxylation is 2. The number of hydrogen-bond acceptors (Lipinski definition) is 15. The van der Waals surface area contributed by atoms with E-state index >= 15 is 4.39 Å². The number of benzene rings is 4. The monoisotopic (exact) mass is 1090 g/mol. The van der Waals surface area contributed by atoms with Crippen molar-refractivity contribution in [2.75, 3.05) is 76.3 Å². The smallest absolute Gasteiger partial charge is 0.243 e. The summed E-state index contributed by atoms with van der Waals surface area (Å²) in [5.74, 6) is -1.81. The minimum Gasteiger partial charge on any atom is -0.508 e. The SMILES string of the molecule is CC(=O)N1CCN(c2nc(NCCC(=O)N(C)CCOC[C@H](NC(=O)[C@@H]3C[C@@H](O)CN3C(=O)C(c3cc(C)no3)C(C)C)c3ccc(-c4scnc4C)cc3)nc3c(F)c(-c4cc(O)cc5ccccc45)c(Cl)cc23)CC1. The average molecular weight is 1090 g/mol. The molecule has 4 aromatic carbocycles. The number of rotatable bonds is 18. The zero-order chi connectivity index (χ0) is 54.7. The molecule has 5 heterocycles. The summed E-state index contributed by atoms with van der Waals surface area (Å²) < 4.78 is 28.8. The summed E-state index contributed by atoms with van der Waals surface area (Å²) in [5, 5.41) is 33.6. The minimum absolute atomic E-state index is 0.0106. The third-order valence-electron chi connectivity index (χ3n) is 14.3. The number of nitrogens with zero attached hydrogens (tertiary/aromatic N) is 8. The lowest BCUT2D eigenvalue weighted by molar-refractivity contribution is -0.141. The van der Waals surface area contributed by atoms with Gasteiger partial charge in [0.15, 0.2) is 5.82 Å². The van der Waals surface area contributed by atoms with Gasteiger partial charge >= 0.3 is 0 Å². The number of β-amino-alcohol motifs (C(OH)–C–C–N with tert-alkyl or cyclic N) is 1. The number of carbonyl (C=O) groups excluding carboxylic acids is 4. The lowest BCUT2D eigenvalue weighted by Gasteiger charge is -2.35. The second-order valence-electron chi connectivity index (χ2n) is 20.0. The van der Waals surface area contributed by atoms with Gasteiger partial charge in [-0.1, -0.05) is 79.1 Å². The number of anilines is 2. The topological polar surface area (TPSA) is 220 Å². The number of aliphatic hydroxyl groups is 1. The van der Waals surface area contributed by atoms with Crippen LogP contribution >= 0.6 is 22.9 Å². The first-order valence-electron chi connectivity index (χ1n) is 25.7. The summed E-state index contributed by atoms with van der Waals surface area (Å²) in [6.07, 6.45) is -0.838. The summed E-state index contributed by atoms with van der Waals surface area (Å²) in [6, 6.07) is 19.8. The normalized spacial score (nSPS) is 16.6. The van der Waals surface area contributed by atoms with Gasteiger partial charge in [-0.05, 0) is 65.4 Å². The molecule has 2 aliphatic heterocycles. The molecule has 2 saturated heterocycles. The second-order valence-corrected chi connectivity index (χ2v) is 21.3. The number of nitrogens with one attached hydrogen (secondary N) is 2. The van der Waals surface area contributed by atoms with E-state index in [1.807, 2.05) is 74.2 Å². The molecule has 4 N–H and O–H groups in total. The molecule has 21 heteroatoms. The second kappa shape index (κ2) is 23.5. The van der Waals surface area contributed by atoms with Crippen molar-refractivity contribution in [1.82, 2.24) is 40.1 Å². The average Bonchev–Trinajstić information content (AvgIpc) is 4.20. The van der Waals surface area contributed by atoms with Crippen LogP contribution in [-0.4, -0.2) is 147 Å². The third kappa shape index (κ3) is 12.0. The number of aliphatic hydroxyl groups excluding tert-OH is 1. The van der Waals surface area contributed by atoms with E-state index in [0.717, 1.165) is 21.7 Å². The van der Waals surface area contributed by atoms with E-state index in [1.165, 1.54) is 34.1 Å². The Hall–Kier alpha value is -7.26. The van der Waals surface area contributed by atoms with Crippen molar-refractivity contribution in [3.63, 3.8) is 0 Å². The van der Waals surface area contributed by atoms with E-state index in [1.54, 1.807) is 42.6 Å². The molecule has 0 radical (unpaired) electrons. The fraction of sp³-hybridized carbons (Fsp3) is 0.393. The third-order valence-corrected chi connectivity index (χ3v) is 15.6. The highest BCUT2D eigenvalue weighted by atomic mass is 35.5. The summed E-state index contributed by atoms with van der Waals surface area (Å²) in [6.45, 7) is 11.2. The number of likely N-dealkylation sites (tertiary alicyclic amines) is 1. The fourth-order valence-electron chi connectivity index (χ4n) is 10.2. The quantitative estimate of drug-likeness (QED) is 0.0601. The predicted octanol–water partition coefficient (Wildman–Crippen LogP) is 7.88. The number of ether oxygens (including phenoxy) is 1. The van der Waals surface area contributed by atoms with Crippen LogP contribution in [0.5, 0.6) is 5.75 Å². The van der Waals surface area contributed by atoms with Crippen molar-refractivity contribution < 1.29 is 43.0 Å². The molecule has 18 nitrogen and oxygen atoms in total. The highest BCUT2D eigenvalue weighted by molar-refractivity contribution is 7.13. The fourth-order valence-corrected chi connectivity index (χ4v) is 11.3. The number of aromatic hydroxyl groups is 1. The predicted molar refractivity (Wildman–Crippen MR) is 293 cm³/mol. The molecule has 3 aromatic heterocycles. The van der Waals surface area contributed by atoms with Gasteiger partial charge in [-0.15, -0.1) is 11.3 Å². The van der Waals surface area contributed by atoms with Gasteiger partial charge in [-0.3, -0.25) is 19.2 Å². The van der Waals surface area contributed by atoms with Crippen LogP contribution in [0.2, 0.25) is 5.02 Å². The van der Waals surface area contributed by atoms with Gasteiger partial charge < -0.3 is 49.7 Å². The number of likely N-dealkylation sites (N-methyl/N-ethyl adjacent to an activating group) is 1. The largest absolute Gasteiger partial charge is 0.508 e. The van der Waals surface area contributed by atoms with Gasteiger partial charge in [0.05, 0.1) is 52.2 Å². The molecular weight excluding hydrogens is 1030 g/mol. The Bertz CT molecular complexity index is 3310. The summed E-state index contributed by atoms with van der Waals surface area (Å²) in [5.41, 5.74) is 5.48. The Labute approximate surface area is 454 Å². The maximum atomic E-state index is 17.1. The summed E-state index contributed by atoms with van der Waals surface area (Å²) in [4.78, 5) is 75.8. The van der Waals surface area contributed by atoms with Crippen molar-refractivity contribution in [3.05, 3.63) is 112 Å². The molecule has 7 aromatic rings. The molecule has 404 valence electrons. The van der Waals surface area contributed by atoms with Crippen LogP contribution in [0.1, 0.15) is 68.3 Å². The van der Waals surface area contributed by atoms with Crippen molar-refractivity contribution in [1.29, 1.82) is 0 Å². The Morgan fingerprint density at radius 2 is 1.75 bits per heavy atom. The molecule has 4 atom stereocenters. The molecule has 0 spiro atoms. The van der Waals surface area contributed by atoms with Crippen molar-refractivity contribution in [2.45, 2.75) is 71.6 Å². The standard InChI is InChI=1S/C56H62ClFN10O8S/c1-31(2)48(46-23-32(3)64-76-46)55(74)68-28-39(71)26-45(68)54(73)61-44(35-11-13-36(14-12-35)52-33(4)60-30-77-52)29-75-22-21-65(6)47(72)15-16-59-56-62-51-42(53(63-56)67-19-17-66(18-20-67)34(5)69)27-43(57)49(50(51)58)41-25-38(70)24-37-9-7-8-10-40(37)41/h7-14,23-25,27,30-31,39,44-45,48,70-71H,15-22,26,28-29H2,1-6H3,(H,61,73)(H,59,62,63)/t39-,44+,45+,48?/m1/s1. The van der Waals surface area contributed by atoms with E-state index in [9.17, 15) is 29.4 Å². The number of phenols is 1. The number of phenolic OH excluding ortho intramolecular Hbond substituents is 1. The lowest BCUT2D eigenvalue weighted by atomic mass is 9.91. The van der Waals surface area contributed by atoms with Gasteiger partial charge in [0, 0.05) is 89.6 Å². The molecule has 1 unspecified atom stereocenters. The number of halogens is 2. The van der Waals surface area contributed by atoms with Gasteiger partial charge in [0.1, 0.15) is 34.8 Å². The maximum absolute atomic E-state index is 17.1. The van der Waals surface area contributed by atoms with E-state index in [2.05, 4.69) is 25.8 Å². The Kier molecular flexibility index (Phi) is 16.7. The zero-order valence-corrected chi connectivity index (χ0v) is 45.3. The van der Waals surface area contributed by atoms with Gasteiger partial charge in [-0.2, -0.15) is 4.98 Å². The molecule has 77 heavy (non-hydrogen) atoms. The first-order chi connectivity index (χ1) is 36.9. The first kappa shape index (κ1) is 54.5. The van der Waals surface area contributed by atoms with Gasteiger partial charge in [0.25, 0.3) is 0 Å². The molecule has 2 aliphatic rings. The van der Waals surface area contributed by atoms with Crippen LogP contribution in [0.25, 0.3) is 43.2 Å². The van der Waals surface area contributed by atoms with E-state index in [-0.39, 0.29) is 97.1 Å². The highest BCUT2D eigenvalue weighted by Crippen LogP contribution is 2.43. The van der Waals surface area contributed by atoms with Crippen LogP contribution in [-0.2, 0) is 23.9 Å². The molecule has 0 bridgehead atoms. The maximum Gasteiger partial charge on any atom is 0.243 e. The number of piperazine rings is 1. The van der Waals surface area contributed by atoms with Crippen LogP contribution in [0.3, 0.4) is 0 Å². The number of carbonyl (C=O) groups is 4. The highest BCUT2D eigenvalue weighted by Gasteiger charge is 2.44.